The molecule has 9 heteroatoms. The first-order valence-corrected chi connectivity index (χ1v) is 10.6. The van der Waals surface area contributed by atoms with Gasteiger partial charge in [-0.05, 0) is 69.9 Å². The summed E-state index contributed by atoms with van der Waals surface area (Å²) in [4.78, 5) is 30.6. The van der Waals surface area contributed by atoms with Gasteiger partial charge < -0.3 is 14.8 Å². The van der Waals surface area contributed by atoms with Crippen LogP contribution in [0.25, 0.3) is 11.5 Å². The smallest absolute Gasteiger partial charge is 0.259 e. The third-order valence-corrected chi connectivity index (χ3v) is 5.74. The maximum Gasteiger partial charge on any atom is 0.259 e. The molecule has 0 radical (unpaired) electrons. The Bertz CT molecular complexity index is 1160. The Labute approximate surface area is 185 Å². The number of nitrogens with zero attached hydrogens (tertiary/aromatic N) is 5. The number of amides is 2. The van der Waals surface area contributed by atoms with Gasteiger partial charge in [0.25, 0.3) is 5.91 Å². The molecule has 0 atom stereocenters. The molecule has 1 saturated carbocycles. The summed E-state index contributed by atoms with van der Waals surface area (Å²) in [5.74, 6) is -0.460. The summed E-state index contributed by atoms with van der Waals surface area (Å²) in [5.41, 5.74) is 1.54. The maximum absolute atomic E-state index is 14.7. The van der Waals surface area contributed by atoms with Crippen molar-refractivity contribution in [1.29, 1.82) is 0 Å². The predicted molar refractivity (Wildman–Crippen MR) is 119 cm³/mol. The monoisotopic (exact) mass is 436 g/mol. The van der Waals surface area contributed by atoms with Gasteiger partial charge in [-0.15, -0.1) is 10.2 Å². The van der Waals surface area contributed by atoms with Crippen molar-refractivity contribution in [2.75, 3.05) is 10.2 Å². The predicted octanol–water partition coefficient (Wildman–Crippen LogP) is 4.14. The van der Waals surface area contributed by atoms with Crippen LogP contribution in [0.5, 0.6) is 0 Å². The molecule has 8 nitrogen and oxygen atoms in total. The summed E-state index contributed by atoms with van der Waals surface area (Å²) in [6, 6.07) is 8.07. The number of pyridine rings is 1. The fourth-order valence-electron chi connectivity index (χ4n) is 3.73. The van der Waals surface area contributed by atoms with Gasteiger partial charge in [0.15, 0.2) is 5.82 Å². The zero-order valence-corrected chi connectivity index (χ0v) is 18.2. The highest BCUT2D eigenvalue weighted by atomic mass is 19.1. The Balaban J connectivity index is 1.61. The first-order valence-electron chi connectivity index (χ1n) is 10.6. The first-order chi connectivity index (χ1) is 15.4. The van der Waals surface area contributed by atoms with Crippen molar-refractivity contribution in [2.45, 2.75) is 52.1 Å². The number of aromatic nitrogens is 4. The van der Waals surface area contributed by atoms with Crippen LogP contribution >= 0.6 is 0 Å². The molecular formula is C23H25FN6O2. The number of anilines is 2. The van der Waals surface area contributed by atoms with E-state index in [0.717, 1.165) is 25.7 Å². The summed E-state index contributed by atoms with van der Waals surface area (Å²) >= 11 is 0. The molecule has 0 saturated heterocycles. The van der Waals surface area contributed by atoms with Crippen LogP contribution in [0.2, 0.25) is 0 Å². The van der Waals surface area contributed by atoms with Crippen molar-refractivity contribution in [3.8, 4) is 11.5 Å². The Morgan fingerprint density at radius 1 is 1.31 bits per heavy atom. The van der Waals surface area contributed by atoms with Crippen molar-refractivity contribution in [3.05, 3.63) is 53.6 Å². The highest BCUT2D eigenvalue weighted by molar-refractivity contribution is 6.05. The lowest BCUT2D eigenvalue weighted by molar-refractivity contribution is -0.108. The second kappa shape index (κ2) is 8.86. The molecule has 0 spiro atoms. The Morgan fingerprint density at radius 3 is 2.75 bits per heavy atom. The normalized spacial score (nSPS) is 13.7. The van der Waals surface area contributed by atoms with Crippen LogP contribution in [0.4, 0.5) is 15.9 Å². The molecular weight excluding hydrogens is 411 g/mol. The molecule has 0 unspecified atom stereocenters. The van der Waals surface area contributed by atoms with E-state index < -0.39 is 11.7 Å². The van der Waals surface area contributed by atoms with E-state index in [2.05, 4.69) is 20.5 Å². The Hall–Kier alpha value is -3.62. The van der Waals surface area contributed by atoms with E-state index >= 15 is 0 Å². The number of carbonyl (C=O) groups excluding carboxylic acids is 2. The summed E-state index contributed by atoms with van der Waals surface area (Å²) in [5, 5.41) is 10.7. The average molecular weight is 436 g/mol. The van der Waals surface area contributed by atoms with Crippen molar-refractivity contribution in [3.63, 3.8) is 0 Å². The molecule has 1 N–H and O–H groups in total. The number of hydrogen-bond donors (Lipinski definition) is 1. The number of hydrogen-bond acceptors (Lipinski definition) is 5. The van der Waals surface area contributed by atoms with E-state index in [9.17, 15) is 14.0 Å². The summed E-state index contributed by atoms with van der Waals surface area (Å²) in [7, 11) is 0. The zero-order chi connectivity index (χ0) is 22.8. The Morgan fingerprint density at radius 2 is 2.09 bits per heavy atom. The van der Waals surface area contributed by atoms with Gasteiger partial charge in [-0.25, -0.2) is 9.37 Å². The molecule has 1 aromatic carbocycles. The van der Waals surface area contributed by atoms with Gasteiger partial charge in [-0.1, -0.05) is 6.07 Å². The standard InChI is InChI=1S/C23H25FN6O2/c1-14(2)29-12-25-28-22(29)19-8-5-9-21(26-19)27-23(32)17-11-20(15(3)10-18(17)24)30(13-31)16-6-4-7-16/h5,8-14,16H,4,6-7H2,1-3H3,(H,26,27,32). The number of benzene rings is 1. The fraction of sp³-hybridized carbons (Fsp3) is 0.348. The number of halogens is 1. The second-order valence-electron chi connectivity index (χ2n) is 8.23. The molecule has 3 aromatic rings. The molecule has 32 heavy (non-hydrogen) atoms. The number of aryl methyl sites for hydroxylation is 1. The fourth-order valence-corrected chi connectivity index (χ4v) is 3.73. The van der Waals surface area contributed by atoms with Gasteiger partial charge in [0.1, 0.15) is 23.7 Å². The molecule has 0 bridgehead atoms. The highest BCUT2D eigenvalue weighted by Gasteiger charge is 2.27. The lowest BCUT2D eigenvalue weighted by atomic mass is 9.91. The van der Waals surface area contributed by atoms with Crippen molar-refractivity contribution < 1.29 is 14.0 Å². The minimum absolute atomic E-state index is 0.0872. The highest BCUT2D eigenvalue weighted by Crippen LogP contribution is 2.32. The van der Waals surface area contributed by atoms with E-state index in [4.69, 9.17) is 0 Å². The van der Waals surface area contributed by atoms with Crippen molar-refractivity contribution in [2.24, 2.45) is 0 Å². The zero-order valence-electron chi connectivity index (χ0n) is 18.2. The van der Waals surface area contributed by atoms with E-state index in [1.54, 1.807) is 36.4 Å². The van der Waals surface area contributed by atoms with Crippen LogP contribution < -0.4 is 10.2 Å². The lowest BCUT2D eigenvalue weighted by Gasteiger charge is -2.35. The molecule has 166 valence electrons. The lowest BCUT2D eigenvalue weighted by Crippen LogP contribution is -2.39. The molecule has 1 aliphatic carbocycles. The van der Waals surface area contributed by atoms with Crippen LogP contribution in [0.1, 0.15) is 55.1 Å². The minimum Gasteiger partial charge on any atom is -0.312 e. The molecule has 1 fully saturated rings. The maximum atomic E-state index is 14.7. The van der Waals surface area contributed by atoms with Crippen molar-refractivity contribution >= 4 is 23.8 Å². The quantitative estimate of drug-likeness (QED) is 0.562. The topological polar surface area (TPSA) is 93.0 Å². The summed E-state index contributed by atoms with van der Waals surface area (Å²) in [6.45, 7) is 5.73. The van der Waals surface area contributed by atoms with E-state index in [1.807, 2.05) is 18.4 Å². The minimum atomic E-state index is -0.654. The van der Waals surface area contributed by atoms with Gasteiger partial charge in [0.05, 0.1) is 5.56 Å². The van der Waals surface area contributed by atoms with Gasteiger partial charge in [-0.3, -0.25) is 9.59 Å². The third kappa shape index (κ3) is 4.10. The molecule has 2 amide bonds. The van der Waals surface area contributed by atoms with Gasteiger partial charge in [0, 0.05) is 17.8 Å². The number of rotatable bonds is 7. The molecule has 1 aliphatic rings. The van der Waals surface area contributed by atoms with E-state index in [-0.39, 0.29) is 23.5 Å². The Kier molecular flexibility index (Phi) is 5.98. The van der Waals surface area contributed by atoms with Gasteiger partial charge in [-0.2, -0.15) is 0 Å². The molecule has 2 heterocycles. The number of nitrogens with one attached hydrogen (secondary N) is 1. The van der Waals surface area contributed by atoms with Crippen LogP contribution in [0.15, 0.2) is 36.7 Å². The van der Waals surface area contributed by atoms with E-state index in [0.29, 0.717) is 22.8 Å². The van der Waals surface area contributed by atoms with E-state index in [1.165, 1.54) is 12.1 Å². The van der Waals surface area contributed by atoms with Gasteiger partial charge >= 0.3 is 0 Å². The van der Waals surface area contributed by atoms with Crippen LogP contribution in [0.3, 0.4) is 0 Å². The molecule has 4 rings (SSSR count). The van der Waals surface area contributed by atoms with Gasteiger partial charge in [0.2, 0.25) is 6.41 Å². The largest absolute Gasteiger partial charge is 0.312 e. The molecule has 2 aromatic heterocycles. The number of carbonyl (C=O) groups is 2. The van der Waals surface area contributed by atoms with Crippen LogP contribution in [-0.4, -0.2) is 38.1 Å². The third-order valence-electron chi connectivity index (χ3n) is 5.74. The summed E-state index contributed by atoms with van der Waals surface area (Å²) < 4.78 is 16.6. The SMILES string of the molecule is Cc1cc(F)c(C(=O)Nc2cccc(-c3nncn3C(C)C)n2)cc1N(C=O)C1CCC1. The average Bonchev–Trinajstić information content (AvgIpc) is 3.21. The second-order valence-corrected chi connectivity index (χ2v) is 8.23. The van der Waals surface area contributed by atoms with Crippen LogP contribution in [0, 0.1) is 12.7 Å². The first kappa shape index (κ1) is 21.6. The van der Waals surface area contributed by atoms with Crippen molar-refractivity contribution in [1.82, 2.24) is 19.7 Å². The summed E-state index contributed by atoms with van der Waals surface area (Å²) in [6.07, 6.45) is 5.22. The molecule has 0 aliphatic heterocycles. The van der Waals surface area contributed by atoms with Crippen LogP contribution in [-0.2, 0) is 4.79 Å².